The number of hydrogen-bond donors (Lipinski definition) is 1. The van der Waals surface area contributed by atoms with Gasteiger partial charge >= 0.3 is 0 Å². The van der Waals surface area contributed by atoms with E-state index >= 15 is 0 Å². The van der Waals surface area contributed by atoms with Crippen LogP contribution in [0.25, 0.3) is 0 Å². The van der Waals surface area contributed by atoms with Crippen molar-refractivity contribution in [2.24, 2.45) is 23.0 Å². The average Bonchev–Trinajstić information content (AvgIpc) is 2.99. The maximum atomic E-state index is 9.28. The molecule has 2 atom stereocenters. The second-order valence-corrected chi connectivity index (χ2v) is 7.01. The number of rotatable bonds is 3. The van der Waals surface area contributed by atoms with E-state index in [1.807, 2.05) is 0 Å². The molecule has 1 heterocycles. The van der Waals surface area contributed by atoms with Crippen LogP contribution in [0.2, 0.25) is 0 Å². The minimum Gasteiger partial charge on any atom is -0.312 e. The van der Waals surface area contributed by atoms with Crippen LogP contribution in [0.15, 0.2) is 0 Å². The molecule has 2 N–H and O–H groups in total. The molecule has 0 aromatic heterocycles. The summed E-state index contributed by atoms with van der Waals surface area (Å²) in [6.45, 7) is 9.90. The largest absolute Gasteiger partial charge is 0.312 e. The fraction of sp³-hybridized carbons (Fsp3) is 0.929. The number of hydrogen-bond acceptors (Lipinski definition) is 3. The molecule has 3 heteroatoms. The quantitative estimate of drug-likeness (QED) is 0.814. The zero-order valence-corrected chi connectivity index (χ0v) is 11.4. The van der Waals surface area contributed by atoms with Crippen LogP contribution in [0, 0.1) is 28.6 Å². The van der Waals surface area contributed by atoms with E-state index in [0.29, 0.717) is 11.3 Å². The maximum absolute atomic E-state index is 9.28. The summed E-state index contributed by atoms with van der Waals surface area (Å²) in [5.41, 5.74) is 6.02. The van der Waals surface area contributed by atoms with Crippen molar-refractivity contribution in [2.75, 3.05) is 19.6 Å². The SMILES string of the molecule is CC(C)(C)C1CCN(CC(N)(C#N)C2CC2)C1. The van der Waals surface area contributed by atoms with Gasteiger partial charge in [-0.15, -0.1) is 0 Å². The highest BCUT2D eigenvalue weighted by atomic mass is 15.2. The van der Waals surface area contributed by atoms with Gasteiger partial charge in [0.05, 0.1) is 6.07 Å². The second kappa shape index (κ2) is 4.26. The Morgan fingerprint density at radius 1 is 1.24 bits per heavy atom. The highest BCUT2D eigenvalue weighted by molar-refractivity contribution is 5.15. The Hall–Kier alpha value is -0.590. The molecule has 0 amide bonds. The lowest BCUT2D eigenvalue weighted by atomic mass is 9.80. The molecule has 17 heavy (non-hydrogen) atoms. The van der Waals surface area contributed by atoms with Gasteiger partial charge in [0.25, 0.3) is 0 Å². The van der Waals surface area contributed by atoms with Crippen molar-refractivity contribution in [3.05, 3.63) is 0 Å². The first-order valence-electron chi connectivity index (χ1n) is 6.77. The van der Waals surface area contributed by atoms with Gasteiger partial charge < -0.3 is 10.6 Å². The van der Waals surface area contributed by atoms with E-state index in [1.54, 1.807) is 0 Å². The lowest BCUT2D eigenvalue weighted by Crippen LogP contribution is -2.50. The zero-order chi connectivity index (χ0) is 12.7. The van der Waals surface area contributed by atoms with Gasteiger partial charge in [-0.2, -0.15) is 5.26 Å². The molecule has 0 bridgehead atoms. The minimum atomic E-state index is -0.591. The Balaban J connectivity index is 1.91. The predicted molar refractivity (Wildman–Crippen MR) is 69.3 cm³/mol. The van der Waals surface area contributed by atoms with E-state index in [9.17, 15) is 5.26 Å². The molecule has 1 aliphatic heterocycles. The van der Waals surface area contributed by atoms with E-state index in [-0.39, 0.29) is 0 Å². The average molecular weight is 235 g/mol. The van der Waals surface area contributed by atoms with Crippen molar-refractivity contribution in [1.29, 1.82) is 5.26 Å². The predicted octanol–water partition coefficient (Wildman–Crippen LogP) is 1.99. The number of nitrogens with zero attached hydrogens (tertiary/aromatic N) is 2. The van der Waals surface area contributed by atoms with Crippen LogP contribution in [-0.2, 0) is 0 Å². The number of nitriles is 1. The van der Waals surface area contributed by atoms with E-state index in [2.05, 4.69) is 31.7 Å². The molecule has 2 aliphatic rings. The van der Waals surface area contributed by atoms with Crippen LogP contribution in [-0.4, -0.2) is 30.1 Å². The molecular formula is C14H25N3. The maximum Gasteiger partial charge on any atom is 0.119 e. The van der Waals surface area contributed by atoms with Crippen LogP contribution in [0.3, 0.4) is 0 Å². The molecule has 2 unspecified atom stereocenters. The first kappa shape index (κ1) is 12.9. The summed E-state index contributed by atoms with van der Waals surface area (Å²) in [6, 6.07) is 2.36. The fourth-order valence-corrected chi connectivity index (χ4v) is 2.91. The van der Waals surface area contributed by atoms with Crippen LogP contribution < -0.4 is 5.73 Å². The van der Waals surface area contributed by atoms with E-state index in [1.165, 1.54) is 6.42 Å². The summed E-state index contributed by atoms with van der Waals surface area (Å²) in [4.78, 5) is 2.40. The van der Waals surface area contributed by atoms with Crippen molar-refractivity contribution in [3.8, 4) is 6.07 Å². The van der Waals surface area contributed by atoms with Crippen molar-refractivity contribution in [1.82, 2.24) is 4.90 Å². The van der Waals surface area contributed by atoms with Gasteiger partial charge in [0.1, 0.15) is 5.54 Å². The van der Waals surface area contributed by atoms with Crippen molar-refractivity contribution in [3.63, 3.8) is 0 Å². The molecule has 2 rings (SSSR count). The summed E-state index contributed by atoms with van der Waals surface area (Å²) in [6.07, 6.45) is 3.52. The molecule has 96 valence electrons. The van der Waals surface area contributed by atoms with E-state index in [4.69, 9.17) is 5.73 Å². The molecule has 1 saturated carbocycles. The van der Waals surface area contributed by atoms with Crippen LogP contribution in [0.4, 0.5) is 0 Å². The summed E-state index contributed by atoms with van der Waals surface area (Å²) in [7, 11) is 0. The van der Waals surface area contributed by atoms with E-state index < -0.39 is 5.54 Å². The van der Waals surface area contributed by atoms with Crippen molar-refractivity contribution >= 4 is 0 Å². The first-order valence-corrected chi connectivity index (χ1v) is 6.77. The van der Waals surface area contributed by atoms with Gasteiger partial charge in [0, 0.05) is 13.1 Å². The van der Waals surface area contributed by atoms with Gasteiger partial charge in [0.15, 0.2) is 0 Å². The second-order valence-electron chi connectivity index (χ2n) is 7.01. The molecular weight excluding hydrogens is 210 g/mol. The fourth-order valence-electron chi connectivity index (χ4n) is 2.91. The number of nitrogens with two attached hydrogens (primary N) is 1. The summed E-state index contributed by atoms with van der Waals surface area (Å²) < 4.78 is 0. The Labute approximate surface area is 105 Å². The third-order valence-electron chi connectivity index (χ3n) is 4.50. The van der Waals surface area contributed by atoms with Gasteiger partial charge in [-0.3, -0.25) is 0 Å². The lowest BCUT2D eigenvalue weighted by molar-refractivity contribution is 0.209. The summed E-state index contributed by atoms with van der Waals surface area (Å²) in [5.74, 6) is 1.19. The van der Waals surface area contributed by atoms with E-state index in [0.717, 1.165) is 38.4 Å². The molecule has 0 spiro atoms. The van der Waals surface area contributed by atoms with Gasteiger partial charge in [-0.05, 0) is 43.1 Å². The zero-order valence-electron chi connectivity index (χ0n) is 11.4. The molecule has 0 radical (unpaired) electrons. The van der Waals surface area contributed by atoms with Gasteiger partial charge in [-0.25, -0.2) is 0 Å². The van der Waals surface area contributed by atoms with Crippen LogP contribution in [0.5, 0.6) is 0 Å². The Bertz CT molecular complexity index is 321. The topological polar surface area (TPSA) is 53.0 Å². The standard InChI is InChI=1S/C14H25N3/c1-13(2,3)12-6-7-17(8-12)10-14(16,9-15)11-4-5-11/h11-12H,4-8,10,16H2,1-3H3. The van der Waals surface area contributed by atoms with Gasteiger partial charge in [0.2, 0.25) is 0 Å². The minimum absolute atomic E-state index is 0.373. The summed E-state index contributed by atoms with van der Waals surface area (Å²) >= 11 is 0. The lowest BCUT2D eigenvalue weighted by Gasteiger charge is -2.30. The summed E-state index contributed by atoms with van der Waals surface area (Å²) in [5, 5.41) is 9.28. The molecule has 0 aromatic carbocycles. The van der Waals surface area contributed by atoms with Gasteiger partial charge in [-0.1, -0.05) is 20.8 Å². The first-order chi connectivity index (χ1) is 7.85. The van der Waals surface area contributed by atoms with Crippen LogP contribution >= 0.6 is 0 Å². The monoisotopic (exact) mass is 235 g/mol. The molecule has 0 aromatic rings. The third-order valence-corrected chi connectivity index (χ3v) is 4.50. The molecule has 2 fully saturated rings. The van der Waals surface area contributed by atoms with Crippen molar-refractivity contribution < 1.29 is 0 Å². The molecule has 1 aliphatic carbocycles. The Kier molecular flexibility index (Phi) is 3.22. The smallest absolute Gasteiger partial charge is 0.119 e. The number of likely N-dealkylation sites (tertiary alicyclic amines) is 1. The normalized spacial score (nSPS) is 29.9. The molecule has 1 saturated heterocycles. The third kappa shape index (κ3) is 2.81. The Morgan fingerprint density at radius 2 is 1.88 bits per heavy atom. The highest BCUT2D eigenvalue weighted by Gasteiger charge is 2.45. The van der Waals surface area contributed by atoms with Crippen LogP contribution in [0.1, 0.15) is 40.0 Å². The van der Waals surface area contributed by atoms with Crippen molar-refractivity contribution in [2.45, 2.75) is 45.6 Å². The molecule has 3 nitrogen and oxygen atoms in total. The highest BCUT2D eigenvalue weighted by Crippen LogP contribution is 2.40. The Morgan fingerprint density at radius 3 is 2.29 bits per heavy atom.